The van der Waals surface area contributed by atoms with E-state index in [0.29, 0.717) is 5.92 Å². The number of nitrogens with two attached hydrogens (primary N) is 1. The molecule has 0 fully saturated rings. The largest absolute Gasteiger partial charge is 0.442 e. The number of nitrogens with zero attached hydrogens (tertiary/aromatic N) is 1. The number of aromatic nitrogens is 1. The molecular formula is C16H20N2O. The van der Waals surface area contributed by atoms with Crippen LogP contribution in [0.3, 0.4) is 0 Å². The highest BCUT2D eigenvalue weighted by molar-refractivity contribution is 5.79. The molecule has 2 aromatic rings. The molecule has 0 amide bonds. The molecule has 3 heteroatoms. The lowest BCUT2D eigenvalue weighted by molar-refractivity contribution is 0.352. The van der Waals surface area contributed by atoms with Gasteiger partial charge in [0, 0.05) is 28.6 Å². The molecule has 2 unspecified atom stereocenters. The van der Waals surface area contributed by atoms with Gasteiger partial charge in [-0.1, -0.05) is 13.0 Å². The minimum atomic E-state index is -0.0526. The minimum absolute atomic E-state index is 0.0526. The summed E-state index contributed by atoms with van der Waals surface area (Å²) in [6, 6.07) is 4.11. The zero-order valence-corrected chi connectivity index (χ0v) is 11.5. The highest BCUT2D eigenvalue weighted by Crippen LogP contribution is 2.41. The summed E-state index contributed by atoms with van der Waals surface area (Å²) in [5, 5.41) is 1.15. The van der Waals surface area contributed by atoms with Crippen LogP contribution >= 0.6 is 0 Å². The van der Waals surface area contributed by atoms with Crippen LogP contribution in [0.4, 0.5) is 0 Å². The van der Waals surface area contributed by atoms with E-state index in [9.17, 15) is 0 Å². The van der Waals surface area contributed by atoms with E-state index in [-0.39, 0.29) is 12.0 Å². The van der Waals surface area contributed by atoms with Gasteiger partial charge in [0.25, 0.3) is 0 Å². The fourth-order valence-corrected chi connectivity index (χ4v) is 3.12. The smallest absolute Gasteiger partial charge is 0.226 e. The first kappa shape index (κ1) is 12.4. The van der Waals surface area contributed by atoms with E-state index in [1.165, 1.54) is 5.56 Å². The van der Waals surface area contributed by atoms with E-state index in [0.717, 1.165) is 35.4 Å². The van der Waals surface area contributed by atoms with Crippen LogP contribution in [-0.4, -0.2) is 11.0 Å². The first-order valence-corrected chi connectivity index (χ1v) is 6.87. The number of hydrogen-bond acceptors (Lipinski definition) is 3. The zero-order chi connectivity index (χ0) is 13.6. The van der Waals surface area contributed by atoms with Crippen LogP contribution in [0.1, 0.15) is 36.3 Å². The van der Waals surface area contributed by atoms with Crippen molar-refractivity contribution in [1.82, 2.24) is 4.98 Å². The van der Waals surface area contributed by atoms with Gasteiger partial charge in [-0.05, 0) is 37.8 Å². The Bertz CT molecular complexity index is 629. The van der Waals surface area contributed by atoms with Gasteiger partial charge in [-0.25, -0.2) is 4.98 Å². The normalized spacial score (nSPS) is 24.2. The summed E-state index contributed by atoms with van der Waals surface area (Å²) in [6.45, 7) is 8.07. The average Bonchev–Trinajstić information content (AvgIpc) is 2.74. The van der Waals surface area contributed by atoms with Gasteiger partial charge in [0.2, 0.25) is 5.71 Å². The third-order valence-corrected chi connectivity index (χ3v) is 4.11. The van der Waals surface area contributed by atoms with E-state index in [1.54, 1.807) is 0 Å². The van der Waals surface area contributed by atoms with Gasteiger partial charge in [0.15, 0.2) is 0 Å². The molecule has 0 aliphatic heterocycles. The second-order valence-electron chi connectivity index (χ2n) is 5.71. The van der Waals surface area contributed by atoms with Crippen LogP contribution in [0, 0.1) is 12.8 Å². The quantitative estimate of drug-likeness (QED) is 0.839. The Kier molecular flexibility index (Phi) is 2.94. The predicted molar refractivity (Wildman–Crippen MR) is 77.1 cm³/mol. The Morgan fingerprint density at radius 3 is 3.05 bits per heavy atom. The van der Waals surface area contributed by atoms with E-state index in [2.05, 4.69) is 24.6 Å². The molecule has 1 aliphatic rings. The van der Waals surface area contributed by atoms with Crippen LogP contribution in [-0.2, 0) is 6.42 Å². The van der Waals surface area contributed by atoms with E-state index in [4.69, 9.17) is 10.2 Å². The molecule has 0 saturated heterocycles. The number of furan rings is 1. The molecule has 2 aromatic heterocycles. The predicted octanol–water partition coefficient (Wildman–Crippen LogP) is 3.32. The zero-order valence-electron chi connectivity index (χ0n) is 11.5. The van der Waals surface area contributed by atoms with Crippen molar-refractivity contribution in [3.05, 3.63) is 41.8 Å². The number of pyridine rings is 1. The molecule has 3 atom stereocenters. The number of fused-ring (bicyclic) bond motifs is 3. The molecule has 2 N–H and O–H groups in total. The number of hydrogen-bond donors (Lipinski definition) is 1. The Hall–Kier alpha value is -1.61. The van der Waals surface area contributed by atoms with Crippen molar-refractivity contribution in [1.29, 1.82) is 0 Å². The van der Waals surface area contributed by atoms with Gasteiger partial charge in [0.05, 0.1) is 0 Å². The van der Waals surface area contributed by atoms with Gasteiger partial charge in [0.1, 0.15) is 5.76 Å². The molecular weight excluding hydrogens is 236 g/mol. The topological polar surface area (TPSA) is 52.0 Å². The summed E-state index contributed by atoms with van der Waals surface area (Å²) < 4.78 is 6.02. The summed E-state index contributed by atoms with van der Waals surface area (Å²) in [7, 11) is 0. The van der Waals surface area contributed by atoms with Crippen molar-refractivity contribution in [2.24, 2.45) is 11.7 Å². The van der Waals surface area contributed by atoms with Gasteiger partial charge >= 0.3 is 0 Å². The monoisotopic (exact) mass is 256 g/mol. The Morgan fingerprint density at radius 2 is 2.32 bits per heavy atom. The summed E-state index contributed by atoms with van der Waals surface area (Å²) in [5.41, 5.74) is 9.21. The Labute approximate surface area is 113 Å². The summed E-state index contributed by atoms with van der Waals surface area (Å²) >= 11 is 0. The Balaban J connectivity index is 2.19. The minimum Gasteiger partial charge on any atom is -0.442 e. The van der Waals surface area contributed by atoms with Crippen LogP contribution in [0.2, 0.25) is 0 Å². The van der Waals surface area contributed by atoms with Crippen molar-refractivity contribution in [2.75, 3.05) is 0 Å². The molecule has 0 bridgehead atoms. The maximum absolute atomic E-state index is 6.18. The lowest BCUT2D eigenvalue weighted by atomic mass is 9.78. The third kappa shape index (κ3) is 1.98. The van der Waals surface area contributed by atoms with Crippen molar-refractivity contribution in [3.63, 3.8) is 0 Å². The van der Waals surface area contributed by atoms with Crippen LogP contribution in [0.5, 0.6) is 0 Å². The molecule has 3 rings (SSSR count). The lowest BCUT2D eigenvalue weighted by Crippen LogP contribution is -2.30. The van der Waals surface area contributed by atoms with Crippen LogP contribution < -0.4 is 5.73 Å². The molecule has 0 radical (unpaired) electrons. The lowest BCUT2D eigenvalue weighted by Gasteiger charge is -2.28. The molecule has 1 aliphatic carbocycles. The highest BCUT2D eigenvalue weighted by Gasteiger charge is 2.33. The van der Waals surface area contributed by atoms with Crippen molar-refractivity contribution in [2.45, 2.75) is 38.6 Å². The van der Waals surface area contributed by atoms with Crippen LogP contribution in [0.15, 0.2) is 29.2 Å². The van der Waals surface area contributed by atoms with E-state index >= 15 is 0 Å². The standard InChI is InChI=1S/C16H20N2O/c1-4-14(17)13-8-9(2)7-12-11-6-5-10(3)18-16(11)19-15(12)13/h4-6,9,13-14H,1,7-8,17H2,2-3H3/t9?,13?,14-/m0/s1. The molecule has 100 valence electrons. The molecule has 19 heavy (non-hydrogen) atoms. The molecule has 0 saturated carbocycles. The number of rotatable bonds is 2. The highest BCUT2D eigenvalue weighted by atomic mass is 16.3. The van der Waals surface area contributed by atoms with E-state index in [1.807, 2.05) is 19.1 Å². The molecule has 3 nitrogen and oxygen atoms in total. The van der Waals surface area contributed by atoms with E-state index < -0.39 is 0 Å². The summed E-state index contributed by atoms with van der Waals surface area (Å²) in [5.74, 6) is 1.87. The number of aryl methyl sites for hydroxylation is 1. The molecule has 2 heterocycles. The second-order valence-corrected chi connectivity index (χ2v) is 5.71. The maximum Gasteiger partial charge on any atom is 0.226 e. The molecule has 0 spiro atoms. The SMILES string of the molecule is C=C[C@H](N)C1CC(C)Cc2c1oc1nc(C)ccc21. The first-order valence-electron chi connectivity index (χ1n) is 6.87. The van der Waals surface area contributed by atoms with Crippen molar-refractivity contribution < 1.29 is 4.42 Å². The molecule has 0 aromatic carbocycles. The Morgan fingerprint density at radius 1 is 1.53 bits per heavy atom. The van der Waals surface area contributed by atoms with Gasteiger partial charge in [-0.15, -0.1) is 6.58 Å². The fraction of sp³-hybridized carbons (Fsp3) is 0.438. The van der Waals surface area contributed by atoms with Gasteiger partial charge < -0.3 is 10.2 Å². The first-order chi connectivity index (χ1) is 9.10. The average molecular weight is 256 g/mol. The van der Waals surface area contributed by atoms with Crippen molar-refractivity contribution in [3.8, 4) is 0 Å². The van der Waals surface area contributed by atoms with Gasteiger partial charge in [-0.2, -0.15) is 0 Å². The van der Waals surface area contributed by atoms with Crippen molar-refractivity contribution >= 4 is 11.1 Å². The van der Waals surface area contributed by atoms with Gasteiger partial charge in [-0.3, -0.25) is 0 Å². The third-order valence-electron chi connectivity index (χ3n) is 4.11. The maximum atomic E-state index is 6.18. The fourth-order valence-electron chi connectivity index (χ4n) is 3.12. The van der Waals surface area contributed by atoms with Crippen LogP contribution in [0.25, 0.3) is 11.1 Å². The summed E-state index contributed by atoms with van der Waals surface area (Å²) in [6.07, 6.45) is 3.92. The summed E-state index contributed by atoms with van der Waals surface area (Å²) in [4.78, 5) is 4.49. The second kappa shape index (κ2) is 4.49.